The molecule has 0 atom stereocenters. The molecule has 3 aromatic carbocycles. The molecule has 1 amide bonds. The van der Waals surface area contributed by atoms with Crippen LogP contribution in [0.2, 0.25) is 5.02 Å². The highest BCUT2D eigenvalue weighted by molar-refractivity contribution is 9.10. The first-order chi connectivity index (χ1) is 14.7. The van der Waals surface area contributed by atoms with Gasteiger partial charge in [-0.2, -0.15) is 4.31 Å². The van der Waals surface area contributed by atoms with Gasteiger partial charge in [-0.25, -0.2) is 8.42 Å². The zero-order chi connectivity index (χ0) is 22.6. The minimum Gasteiger partial charge on any atom is -0.325 e. The third-order valence-electron chi connectivity index (χ3n) is 4.87. The first-order valence-electron chi connectivity index (χ1n) is 9.53. The highest BCUT2D eigenvalue weighted by atomic mass is 79.9. The maximum absolute atomic E-state index is 13.3. The molecule has 1 N–H and O–H groups in total. The number of hydrogen-bond donors (Lipinski definition) is 1. The van der Waals surface area contributed by atoms with Crippen LogP contribution in [0.3, 0.4) is 0 Å². The Morgan fingerprint density at radius 1 is 1.00 bits per heavy atom. The van der Waals surface area contributed by atoms with Crippen molar-refractivity contribution in [2.45, 2.75) is 25.3 Å². The molecule has 0 aliphatic rings. The van der Waals surface area contributed by atoms with E-state index in [0.717, 1.165) is 19.9 Å². The number of carbonyl (C=O) groups excluding carboxylic acids is 1. The molecule has 5 nitrogen and oxygen atoms in total. The second-order valence-corrected chi connectivity index (χ2v) is 10.4. The van der Waals surface area contributed by atoms with Crippen LogP contribution in [0.1, 0.15) is 16.7 Å². The van der Waals surface area contributed by atoms with Crippen molar-refractivity contribution in [3.05, 3.63) is 92.9 Å². The van der Waals surface area contributed by atoms with Gasteiger partial charge in [-0.15, -0.1) is 0 Å². The highest BCUT2D eigenvalue weighted by Gasteiger charge is 2.27. The van der Waals surface area contributed by atoms with Gasteiger partial charge in [-0.3, -0.25) is 4.79 Å². The van der Waals surface area contributed by atoms with Gasteiger partial charge in [0.05, 0.1) is 11.4 Å². The lowest BCUT2D eigenvalue weighted by Gasteiger charge is -2.22. The number of halogens is 2. The molecule has 0 radical (unpaired) electrons. The van der Waals surface area contributed by atoms with Gasteiger partial charge < -0.3 is 5.32 Å². The summed E-state index contributed by atoms with van der Waals surface area (Å²) in [5.74, 6) is -0.434. The Kier molecular flexibility index (Phi) is 7.54. The summed E-state index contributed by atoms with van der Waals surface area (Å²) >= 11 is 9.57. The predicted octanol–water partition coefficient (Wildman–Crippen LogP) is 5.55. The van der Waals surface area contributed by atoms with Gasteiger partial charge in [0.15, 0.2) is 0 Å². The van der Waals surface area contributed by atoms with Crippen LogP contribution in [0, 0.1) is 13.8 Å². The summed E-state index contributed by atoms with van der Waals surface area (Å²) in [5.41, 5.74) is 3.38. The van der Waals surface area contributed by atoms with E-state index in [1.54, 1.807) is 42.5 Å². The van der Waals surface area contributed by atoms with Crippen molar-refractivity contribution >= 4 is 49.1 Å². The predicted molar refractivity (Wildman–Crippen MR) is 128 cm³/mol. The number of carbonyl (C=O) groups is 1. The first-order valence-corrected chi connectivity index (χ1v) is 12.1. The van der Waals surface area contributed by atoms with Gasteiger partial charge in [0.2, 0.25) is 15.9 Å². The van der Waals surface area contributed by atoms with Crippen LogP contribution in [0.5, 0.6) is 0 Å². The lowest BCUT2D eigenvalue weighted by atomic mass is 10.1. The number of amides is 1. The number of rotatable bonds is 7. The van der Waals surface area contributed by atoms with Crippen molar-refractivity contribution in [3.63, 3.8) is 0 Å². The molecular formula is C23H22BrClN2O3S. The molecule has 0 fully saturated rings. The van der Waals surface area contributed by atoms with Crippen LogP contribution in [-0.2, 0) is 21.4 Å². The smallest absolute Gasteiger partial charge is 0.243 e. The number of anilines is 1. The lowest BCUT2D eigenvalue weighted by molar-refractivity contribution is -0.116. The summed E-state index contributed by atoms with van der Waals surface area (Å²) in [6, 6.07) is 18.8. The monoisotopic (exact) mass is 520 g/mol. The molecule has 0 saturated carbocycles. The van der Waals surface area contributed by atoms with E-state index in [1.165, 1.54) is 12.1 Å². The largest absolute Gasteiger partial charge is 0.325 e. The minimum absolute atomic E-state index is 0.0293. The Balaban J connectivity index is 1.89. The summed E-state index contributed by atoms with van der Waals surface area (Å²) in [4.78, 5) is 12.9. The SMILES string of the molecule is Cc1ccc(NC(=O)CN(Cc2ccccc2Cl)S(=O)(=O)c2ccc(Br)cc2)cc1C. The van der Waals surface area contributed by atoms with Crippen molar-refractivity contribution in [3.8, 4) is 0 Å². The molecule has 0 aromatic heterocycles. The molecular weight excluding hydrogens is 500 g/mol. The van der Waals surface area contributed by atoms with Gasteiger partial charge in [0, 0.05) is 21.7 Å². The van der Waals surface area contributed by atoms with Crippen molar-refractivity contribution in [2.24, 2.45) is 0 Å². The van der Waals surface area contributed by atoms with Crippen molar-refractivity contribution in [2.75, 3.05) is 11.9 Å². The zero-order valence-electron chi connectivity index (χ0n) is 17.1. The molecule has 0 aliphatic heterocycles. The third-order valence-corrected chi connectivity index (χ3v) is 7.57. The fourth-order valence-corrected chi connectivity index (χ4v) is 4.81. The Morgan fingerprint density at radius 2 is 1.68 bits per heavy atom. The molecule has 8 heteroatoms. The van der Waals surface area contributed by atoms with Crippen LogP contribution < -0.4 is 5.32 Å². The summed E-state index contributed by atoms with van der Waals surface area (Å²) in [6.07, 6.45) is 0. The first kappa shape index (κ1) is 23.5. The number of benzene rings is 3. The normalized spacial score (nSPS) is 11.5. The van der Waals surface area contributed by atoms with E-state index in [0.29, 0.717) is 16.3 Å². The maximum Gasteiger partial charge on any atom is 0.243 e. The van der Waals surface area contributed by atoms with E-state index in [4.69, 9.17) is 11.6 Å². The lowest BCUT2D eigenvalue weighted by Crippen LogP contribution is -2.37. The summed E-state index contributed by atoms with van der Waals surface area (Å²) < 4.78 is 28.6. The number of sulfonamides is 1. The topological polar surface area (TPSA) is 66.5 Å². The Morgan fingerprint density at radius 3 is 2.32 bits per heavy atom. The number of aryl methyl sites for hydroxylation is 2. The van der Waals surface area contributed by atoms with E-state index >= 15 is 0 Å². The van der Waals surface area contributed by atoms with E-state index in [-0.39, 0.29) is 18.0 Å². The second-order valence-electron chi connectivity index (χ2n) is 7.17. The molecule has 0 spiro atoms. The van der Waals surface area contributed by atoms with Crippen LogP contribution >= 0.6 is 27.5 Å². The Hall–Kier alpha value is -2.19. The molecule has 0 bridgehead atoms. The van der Waals surface area contributed by atoms with E-state index in [9.17, 15) is 13.2 Å². The summed E-state index contributed by atoms with van der Waals surface area (Å²) in [7, 11) is -3.94. The fourth-order valence-electron chi connectivity index (χ4n) is 2.98. The van der Waals surface area contributed by atoms with E-state index in [2.05, 4.69) is 21.2 Å². The molecule has 0 unspecified atom stereocenters. The highest BCUT2D eigenvalue weighted by Crippen LogP contribution is 2.24. The number of nitrogens with one attached hydrogen (secondary N) is 1. The van der Waals surface area contributed by atoms with Crippen LogP contribution in [-0.4, -0.2) is 25.2 Å². The molecule has 3 rings (SSSR count). The fraction of sp³-hybridized carbons (Fsp3) is 0.174. The third kappa shape index (κ3) is 5.95. The zero-order valence-corrected chi connectivity index (χ0v) is 20.3. The van der Waals surface area contributed by atoms with Crippen molar-refractivity contribution in [1.29, 1.82) is 0 Å². The van der Waals surface area contributed by atoms with Gasteiger partial charge in [-0.05, 0) is 73.0 Å². The van der Waals surface area contributed by atoms with Crippen LogP contribution in [0.4, 0.5) is 5.69 Å². The number of nitrogens with zero attached hydrogens (tertiary/aromatic N) is 1. The van der Waals surface area contributed by atoms with Crippen molar-refractivity contribution < 1.29 is 13.2 Å². The van der Waals surface area contributed by atoms with Gasteiger partial charge in [0.1, 0.15) is 0 Å². The summed E-state index contributed by atoms with van der Waals surface area (Å²) in [6.45, 7) is 3.55. The standard InChI is InChI=1S/C23H22BrClN2O3S/c1-16-7-10-20(13-17(16)2)26-23(28)15-27(14-18-5-3-4-6-22(18)25)31(29,30)21-11-8-19(24)9-12-21/h3-13H,14-15H2,1-2H3,(H,26,28). The van der Waals surface area contributed by atoms with Gasteiger partial charge >= 0.3 is 0 Å². The molecule has 3 aromatic rings. The molecule has 0 heterocycles. The number of hydrogen-bond acceptors (Lipinski definition) is 3. The quantitative estimate of drug-likeness (QED) is 0.443. The van der Waals surface area contributed by atoms with Gasteiger partial charge in [0.25, 0.3) is 0 Å². The van der Waals surface area contributed by atoms with Gasteiger partial charge in [-0.1, -0.05) is 51.8 Å². The average Bonchev–Trinajstić information content (AvgIpc) is 2.72. The van der Waals surface area contributed by atoms with Crippen molar-refractivity contribution in [1.82, 2.24) is 4.31 Å². The second kappa shape index (κ2) is 9.96. The Labute approximate surface area is 196 Å². The maximum atomic E-state index is 13.3. The molecule has 0 saturated heterocycles. The Bertz CT molecular complexity index is 1200. The van der Waals surface area contributed by atoms with Crippen LogP contribution in [0.15, 0.2) is 76.1 Å². The minimum atomic E-state index is -3.94. The average molecular weight is 522 g/mol. The molecule has 31 heavy (non-hydrogen) atoms. The van der Waals surface area contributed by atoms with E-state index < -0.39 is 15.9 Å². The summed E-state index contributed by atoms with van der Waals surface area (Å²) in [5, 5.41) is 3.23. The van der Waals surface area contributed by atoms with Crippen LogP contribution in [0.25, 0.3) is 0 Å². The molecule has 0 aliphatic carbocycles. The van der Waals surface area contributed by atoms with E-state index in [1.807, 2.05) is 26.0 Å². The molecule has 162 valence electrons.